The third-order valence-corrected chi connectivity index (χ3v) is 1.46. The molecule has 0 fully saturated rings. The molecule has 0 aromatic carbocycles. The molecule has 0 bridgehead atoms. The lowest BCUT2D eigenvalue weighted by molar-refractivity contribution is -0.121. The fourth-order valence-electron chi connectivity index (χ4n) is 0.756. The van der Waals surface area contributed by atoms with E-state index in [1.54, 1.807) is 0 Å². The van der Waals surface area contributed by atoms with Gasteiger partial charge in [-0.05, 0) is 19.4 Å². The summed E-state index contributed by atoms with van der Waals surface area (Å²) in [6.45, 7) is 3.44. The number of carbonyl (C=O) groups excluding carboxylic acids is 1. The van der Waals surface area contributed by atoms with E-state index in [9.17, 15) is 4.79 Å². The highest BCUT2D eigenvalue weighted by Crippen LogP contribution is 1.92. The van der Waals surface area contributed by atoms with Crippen LogP contribution >= 0.6 is 0 Å². The highest BCUT2D eigenvalue weighted by molar-refractivity contribution is 5.75. The highest BCUT2D eigenvalue weighted by Gasteiger charge is 1.97. The maximum Gasteiger partial charge on any atom is 0.219 e. The molecular weight excluding hydrogens is 140 g/mol. The van der Waals surface area contributed by atoms with Crippen molar-refractivity contribution < 1.29 is 4.79 Å². The molecule has 0 heterocycles. The van der Waals surface area contributed by atoms with Crippen LogP contribution in [0, 0.1) is 0 Å². The van der Waals surface area contributed by atoms with Crippen molar-refractivity contribution >= 4 is 5.91 Å². The maximum absolute atomic E-state index is 10.9. The lowest BCUT2D eigenvalue weighted by atomic mass is 10.2. The van der Waals surface area contributed by atoms with E-state index in [0.29, 0.717) is 13.0 Å². The van der Waals surface area contributed by atoms with Crippen molar-refractivity contribution in [1.29, 1.82) is 0 Å². The smallest absolute Gasteiger partial charge is 0.219 e. The first kappa shape index (κ1) is 10.4. The summed E-state index contributed by atoms with van der Waals surface area (Å²) in [6, 6.07) is 0. The fraction of sp³-hybridized carbons (Fsp3) is 0.875. The average molecular weight is 158 g/mol. The minimum absolute atomic E-state index is 0.153. The molecular formula is C8H18N2O. The largest absolute Gasteiger partial charge is 0.356 e. The molecule has 0 saturated carbocycles. The molecule has 11 heavy (non-hydrogen) atoms. The molecule has 0 aromatic heterocycles. The van der Waals surface area contributed by atoms with Gasteiger partial charge in [-0.3, -0.25) is 4.79 Å². The van der Waals surface area contributed by atoms with Crippen LogP contribution < -0.4 is 11.1 Å². The molecule has 0 saturated heterocycles. The monoisotopic (exact) mass is 158 g/mol. The van der Waals surface area contributed by atoms with E-state index in [2.05, 4.69) is 12.2 Å². The molecule has 0 rings (SSSR count). The van der Waals surface area contributed by atoms with E-state index >= 15 is 0 Å². The fourth-order valence-corrected chi connectivity index (χ4v) is 0.756. The molecule has 0 unspecified atom stereocenters. The Hall–Kier alpha value is -0.570. The second-order valence-corrected chi connectivity index (χ2v) is 2.60. The first-order valence-electron chi connectivity index (χ1n) is 4.28. The summed E-state index contributed by atoms with van der Waals surface area (Å²) < 4.78 is 0. The van der Waals surface area contributed by atoms with Crippen LogP contribution in [-0.2, 0) is 4.79 Å². The van der Waals surface area contributed by atoms with Crippen molar-refractivity contribution in [2.24, 2.45) is 5.73 Å². The Morgan fingerprint density at radius 1 is 1.45 bits per heavy atom. The normalized spacial score (nSPS) is 9.64. The average Bonchev–Trinajstić information content (AvgIpc) is 2.01. The molecule has 0 spiro atoms. The number of carbonyl (C=O) groups is 1. The molecule has 0 radical (unpaired) electrons. The van der Waals surface area contributed by atoms with Crippen molar-refractivity contribution in [1.82, 2.24) is 5.32 Å². The number of hydrogen-bond donors (Lipinski definition) is 2. The predicted octanol–water partition coefficient (Wildman–Crippen LogP) is 0.642. The Morgan fingerprint density at radius 3 is 2.73 bits per heavy atom. The van der Waals surface area contributed by atoms with E-state index in [1.807, 2.05) is 0 Å². The molecule has 0 aliphatic rings. The number of hydrogen-bond acceptors (Lipinski definition) is 2. The summed E-state index contributed by atoms with van der Waals surface area (Å²) in [4.78, 5) is 10.9. The Labute approximate surface area is 68.3 Å². The van der Waals surface area contributed by atoms with Crippen LogP contribution in [0.5, 0.6) is 0 Å². The van der Waals surface area contributed by atoms with Crippen LogP contribution in [0.3, 0.4) is 0 Å². The third kappa shape index (κ3) is 7.33. The quantitative estimate of drug-likeness (QED) is 0.557. The van der Waals surface area contributed by atoms with Crippen LogP contribution in [-0.4, -0.2) is 19.0 Å². The maximum atomic E-state index is 10.9. The minimum atomic E-state index is 0.153. The summed E-state index contributed by atoms with van der Waals surface area (Å²) in [5.41, 5.74) is 5.26. The van der Waals surface area contributed by atoms with E-state index < -0.39 is 0 Å². The Kier molecular flexibility index (Phi) is 7.15. The van der Waals surface area contributed by atoms with Gasteiger partial charge in [-0.1, -0.05) is 13.3 Å². The van der Waals surface area contributed by atoms with Crippen LogP contribution in [0.25, 0.3) is 0 Å². The topological polar surface area (TPSA) is 55.1 Å². The molecule has 66 valence electrons. The van der Waals surface area contributed by atoms with Gasteiger partial charge in [-0.2, -0.15) is 0 Å². The second kappa shape index (κ2) is 7.54. The summed E-state index contributed by atoms with van der Waals surface area (Å²) in [5.74, 6) is 0.153. The summed E-state index contributed by atoms with van der Waals surface area (Å²) in [7, 11) is 0. The second-order valence-electron chi connectivity index (χ2n) is 2.60. The van der Waals surface area contributed by atoms with Gasteiger partial charge in [-0.25, -0.2) is 0 Å². The van der Waals surface area contributed by atoms with Crippen LogP contribution in [0.2, 0.25) is 0 Å². The van der Waals surface area contributed by atoms with E-state index in [4.69, 9.17) is 5.73 Å². The van der Waals surface area contributed by atoms with E-state index in [-0.39, 0.29) is 5.91 Å². The van der Waals surface area contributed by atoms with Gasteiger partial charge in [-0.15, -0.1) is 0 Å². The number of nitrogens with one attached hydrogen (secondary N) is 1. The van der Waals surface area contributed by atoms with Crippen molar-refractivity contribution in [3.63, 3.8) is 0 Å². The van der Waals surface area contributed by atoms with Crippen molar-refractivity contribution in [3.8, 4) is 0 Å². The standard InChI is InChI=1S/C8H18N2O/c1-2-3-5-8(11)10-7-4-6-9/h2-7,9H2,1H3,(H,10,11). The van der Waals surface area contributed by atoms with Crippen molar-refractivity contribution in [2.75, 3.05) is 13.1 Å². The molecule has 0 atom stereocenters. The van der Waals surface area contributed by atoms with Crippen molar-refractivity contribution in [3.05, 3.63) is 0 Å². The number of amides is 1. The molecule has 3 heteroatoms. The minimum Gasteiger partial charge on any atom is -0.356 e. The molecule has 0 aromatic rings. The van der Waals surface area contributed by atoms with Gasteiger partial charge >= 0.3 is 0 Å². The van der Waals surface area contributed by atoms with Gasteiger partial charge in [0.05, 0.1) is 0 Å². The van der Waals surface area contributed by atoms with Gasteiger partial charge in [0.15, 0.2) is 0 Å². The lowest BCUT2D eigenvalue weighted by Crippen LogP contribution is -2.25. The summed E-state index contributed by atoms with van der Waals surface area (Å²) in [5, 5.41) is 2.80. The Bertz CT molecular complexity index is 104. The van der Waals surface area contributed by atoms with Gasteiger partial charge in [0.1, 0.15) is 0 Å². The van der Waals surface area contributed by atoms with Gasteiger partial charge < -0.3 is 11.1 Å². The van der Waals surface area contributed by atoms with E-state index in [1.165, 1.54) is 0 Å². The summed E-state index contributed by atoms with van der Waals surface area (Å²) in [6.07, 6.45) is 3.58. The zero-order chi connectivity index (χ0) is 8.53. The third-order valence-electron chi connectivity index (χ3n) is 1.46. The first-order chi connectivity index (χ1) is 5.31. The van der Waals surface area contributed by atoms with Gasteiger partial charge in [0.2, 0.25) is 5.91 Å². The number of unbranched alkanes of at least 4 members (excludes halogenated alkanes) is 1. The molecule has 0 aliphatic heterocycles. The zero-order valence-electron chi connectivity index (χ0n) is 7.23. The van der Waals surface area contributed by atoms with Gasteiger partial charge in [0, 0.05) is 13.0 Å². The summed E-state index contributed by atoms with van der Waals surface area (Å²) >= 11 is 0. The van der Waals surface area contributed by atoms with Crippen LogP contribution in [0.1, 0.15) is 32.6 Å². The van der Waals surface area contributed by atoms with Crippen molar-refractivity contribution in [2.45, 2.75) is 32.6 Å². The number of rotatable bonds is 6. The zero-order valence-corrected chi connectivity index (χ0v) is 7.23. The highest BCUT2D eigenvalue weighted by atomic mass is 16.1. The molecule has 3 nitrogen and oxygen atoms in total. The molecule has 0 aliphatic carbocycles. The van der Waals surface area contributed by atoms with Gasteiger partial charge in [0.25, 0.3) is 0 Å². The molecule has 1 amide bonds. The Balaban J connectivity index is 3.09. The SMILES string of the molecule is CCCCC(=O)NCCCN. The number of nitrogens with two attached hydrogens (primary N) is 1. The Morgan fingerprint density at radius 2 is 2.18 bits per heavy atom. The lowest BCUT2D eigenvalue weighted by Gasteiger charge is -2.02. The van der Waals surface area contributed by atoms with E-state index in [0.717, 1.165) is 25.8 Å². The molecule has 3 N–H and O–H groups in total. The predicted molar refractivity (Wildman–Crippen MR) is 46.2 cm³/mol. The first-order valence-corrected chi connectivity index (χ1v) is 4.28. The van der Waals surface area contributed by atoms with Crippen LogP contribution in [0.4, 0.5) is 0 Å². The van der Waals surface area contributed by atoms with Crippen LogP contribution in [0.15, 0.2) is 0 Å².